The van der Waals surface area contributed by atoms with E-state index in [1.807, 2.05) is 24.3 Å². The number of nitrogens with zero attached hydrogens (tertiary/aromatic N) is 1. The molecule has 172 valence electrons. The minimum Gasteiger partial charge on any atom is -0.460 e. The summed E-state index contributed by atoms with van der Waals surface area (Å²) in [5.41, 5.74) is 3.74. The van der Waals surface area contributed by atoms with E-state index in [0.717, 1.165) is 12.0 Å². The fraction of sp³-hybridized carbons (Fsp3) is 0.440. The van der Waals surface area contributed by atoms with Gasteiger partial charge in [-0.1, -0.05) is 38.1 Å². The van der Waals surface area contributed by atoms with Crippen LogP contribution in [0.2, 0.25) is 0 Å². The number of carbonyl (C=O) groups is 3. The topological polar surface area (TPSA) is 94.6 Å². The predicted octanol–water partition coefficient (Wildman–Crippen LogP) is 4.00. The number of hydrogen-bond acceptors (Lipinski definition) is 6. The molecule has 2 rings (SSSR count). The Balaban J connectivity index is 2.16. The van der Waals surface area contributed by atoms with Crippen LogP contribution in [0.5, 0.6) is 5.75 Å². The lowest BCUT2D eigenvalue weighted by Gasteiger charge is -2.17. The smallest absolute Gasteiger partial charge is 0.313 e. The SMILES string of the molecule is CC(=O)NCc1c(COC(=O)C(C)c2ccc(CC(C)C)cc2)cnc(C)c1OC(C)=O. The molecule has 7 nitrogen and oxygen atoms in total. The Morgan fingerprint density at radius 3 is 2.28 bits per heavy atom. The molecule has 0 spiro atoms. The van der Waals surface area contributed by atoms with Gasteiger partial charge in [-0.2, -0.15) is 0 Å². The molecule has 0 aliphatic heterocycles. The number of benzene rings is 1. The maximum atomic E-state index is 12.7. The van der Waals surface area contributed by atoms with Crippen molar-refractivity contribution in [1.82, 2.24) is 10.3 Å². The lowest BCUT2D eigenvalue weighted by molar-refractivity contribution is -0.146. The van der Waals surface area contributed by atoms with Gasteiger partial charge in [0.15, 0.2) is 5.75 Å². The lowest BCUT2D eigenvalue weighted by atomic mass is 9.97. The molecule has 0 saturated heterocycles. The first-order valence-corrected chi connectivity index (χ1v) is 10.7. The third kappa shape index (κ3) is 7.18. The number of carbonyl (C=O) groups excluding carboxylic acids is 3. The van der Waals surface area contributed by atoms with Crippen LogP contribution in [-0.2, 0) is 38.7 Å². The molecule has 0 aliphatic carbocycles. The van der Waals surface area contributed by atoms with Crippen LogP contribution < -0.4 is 10.1 Å². The molecule has 0 saturated carbocycles. The Morgan fingerprint density at radius 1 is 1.06 bits per heavy atom. The van der Waals surface area contributed by atoms with Crippen LogP contribution in [0, 0.1) is 12.8 Å². The summed E-state index contributed by atoms with van der Waals surface area (Å²) in [6.45, 7) is 10.6. The summed E-state index contributed by atoms with van der Waals surface area (Å²) in [5, 5.41) is 2.70. The first kappa shape index (κ1) is 25.0. The standard InChI is InChI=1S/C25H32N2O5/c1-15(2)11-20-7-9-21(10-8-20)16(3)25(30)31-14-22-12-26-17(4)24(32-19(6)29)23(22)13-27-18(5)28/h7-10,12,15-16H,11,13-14H2,1-6H3,(H,27,28). The average molecular weight is 441 g/mol. The second-order valence-corrected chi connectivity index (χ2v) is 8.35. The molecule has 0 radical (unpaired) electrons. The van der Waals surface area contributed by atoms with E-state index >= 15 is 0 Å². The van der Waals surface area contributed by atoms with Gasteiger partial charge in [0.05, 0.1) is 11.6 Å². The monoisotopic (exact) mass is 440 g/mol. The molecule has 1 N–H and O–H groups in total. The maximum Gasteiger partial charge on any atom is 0.313 e. The molecule has 1 aromatic heterocycles. The lowest BCUT2D eigenvalue weighted by Crippen LogP contribution is -2.22. The highest BCUT2D eigenvalue weighted by molar-refractivity contribution is 5.78. The number of hydrogen-bond donors (Lipinski definition) is 1. The molecule has 0 aliphatic rings. The second-order valence-electron chi connectivity index (χ2n) is 8.35. The fourth-order valence-corrected chi connectivity index (χ4v) is 3.31. The zero-order chi connectivity index (χ0) is 23.8. The van der Waals surface area contributed by atoms with Crippen molar-refractivity contribution in [3.8, 4) is 5.75 Å². The quantitative estimate of drug-likeness (QED) is 0.593. The number of amides is 1. The Hall–Kier alpha value is -3.22. The molecule has 1 atom stereocenters. The van der Waals surface area contributed by atoms with Crippen molar-refractivity contribution in [2.75, 3.05) is 0 Å². The first-order chi connectivity index (χ1) is 15.1. The molecule has 1 unspecified atom stereocenters. The molecule has 32 heavy (non-hydrogen) atoms. The minimum absolute atomic E-state index is 0.0505. The Labute approximate surface area is 189 Å². The van der Waals surface area contributed by atoms with E-state index in [2.05, 4.69) is 24.1 Å². The van der Waals surface area contributed by atoms with E-state index in [0.29, 0.717) is 22.7 Å². The van der Waals surface area contributed by atoms with E-state index in [9.17, 15) is 14.4 Å². The second kappa shape index (κ2) is 11.4. The van der Waals surface area contributed by atoms with Crippen LogP contribution in [0.15, 0.2) is 30.5 Å². The van der Waals surface area contributed by atoms with Crippen LogP contribution in [0.4, 0.5) is 0 Å². The molecule has 1 amide bonds. The van der Waals surface area contributed by atoms with Crippen LogP contribution in [0.1, 0.15) is 68.5 Å². The zero-order valence-electron chi connectivity index (χ0n) is 19.7. The van der Waals surface area contributed by atoms with E-state index < -0.39 is 11.9 Å². The maximum absolute atomic E-state index is 12.7. The summed E-state index contributed by atoms with van der Waals surface area (Å²) in [6.07, 6.45) is 2.55. The van der Waals surface area contributed by atoms with E-state index in [1.165, 1.54) is 19.4 Å². The molecular formula is C25H32N2O5. The van der Waals surface area contributed by atoms with Gasteiger partial charge in [-0.25, -0.2) is 0 Å². The fourth-order valence-electron chi connectivity index (χ4n) is 3.31. The van der Waals surface area contributed by atoms with Crippen LogP contribution in [-0.4, -0.2) is 22.8 Å². The summed E-state index contributed by atoms with van der Waals surface area (Å²) < 4.78 is 10.9. The molecule has 2 aromatic rings. The Bertz CT molecular complexity index is 967. The predicted molar refractivity (Wildman–Crippen MR) is 121 cm³/mol. The van der Waals surface area contributed by atoms with Gasteiger partial charge in [0.25, 0.3) is 0 Å². The van der Waals surface area contributed by atoms with Crippen molar-refractivity contribution >= 4 is 17.8 Å². The summed E-state index contributed by atoms with van der Waals surface area (Å²) in [4.78, 5) is 39.9. The van der Waals surface area contributed by atoms with E-state index in [1.54, 1.807) is 20.0 Å². The van der Waals surface area contributed by atoms with Crippen molar-refractivity contribution in [2.45, 2.75) is 67.0 Å². The van der Waals surface area contributed by atoms with Crippen LogP contribution in [0.25, 0.3) is 0 Å². The van der Waals surface area contributed by atoms with Gasteiger partial charge < -0.3 is 14.8 Å². The van der Waals surface area contributed by atoms with Gasteiger partial charge in [0.2, 0.25) is 5.91 Å². The molecule has 1 aromatic carbocycles. The highest BCUT2D eigenvalue weighted by atomic mass is 16.5. The first-order valence-electron chi connectivity index (χ1n) is 10.7. The summed E-state index contributed by atoms with van der Waals surface area (Å²) in [7, 11) is 0. The number of aromatic nitrogens is 1. The molecule has 1 heterocycles. The van der Waals surface area contributed by atoms with Gasteiger partial charge in [-0.15, -0.1) is 0 Å². The highest BCUT2D eigenvalue weighted by Gasteiger charge is 2.20. The van der Waals surface area contributed by atoms with Crippen molar-refractivity contribution in [3.05, 3.63) is 58.4 Å². The van der Waals surface area contributed by atoms with Crippen LogP contribution >= 0.6 is 0 Å². The van der Waals surface area contributed by atoms with Gasteiger partial charge >= 0.3 is 11.9 Å². The van der Waals surface area contributed by atoms with Crippen LogP contribution in [0.3, 0.4) is 0 Å². The van der Waals surface area contributed by atoms with Crippen molar-refractivity contribution < 1.29 is 23.9 Å². The summed E-state index contributed by atoms with van der Waals surface area (Å²) >= 11 is 0. The number of rotatable bonds is 9. The minimum atomic E-state index is -0.498. The van der Waals surface area contributed by atoms with E-state index in [-0.39, 0.29) is 30.8 Å². The molecule has 0 bridgehead atoms. The van der Waals surface area contributed by atoms with E-state index in [4.69, 9.17) is 9.47 Å². The molecule has 7 heteroatoms. The normalized spacial score (nSPS) is 11.7. The highest BCUT2D eigenvalue weighted by Crippen LogP contribution is 2.27. The number of ether oxygens (including phenoxy) is 2. The third-order valence-corrected chi connectivity index (χ3v) is 5.01. The average Bonchev–Trinajstić information content (AvgIpc) is 2.72. The zero-order valence-corrected chi connectivity index (χ0v) is 19.7. The number of nitrogens with one attached hydrogen (secondary N) is 1. The number of pyridine rings is 1. The number of esters is 2. The Kier molecular flexibility index (Phi) is 8.93. The largest absolute Gasteiger partial charge is 0.460 e. The van der Waals surface area contributed by atoms with Gasteiger partial charge in [0, 0.05) is 37.7 Å². The summed E-state index contributed by atoms with van der Waals surface area (Å²) in [6, 6.07) is 8.00. The Morgan fingerprint density at radius 2 is 1.72 bits per heavy atom. The third-order valence-electron chi connectivity index (χ3n) is 5.01. The number of aryl methyl sites for hydroxylation is 1. The van der Waals surface area contributed by atoms with Gasteiger partial charge in [-0.3, -0.25) is 19.4 Å². The van der Waals surface area contributed by atoms with Gasteiger partial charge in [-0.05, 0) is 37.3 Å². The van der Waals surface area contributed by atoms with Crippen molar-refractivity contribution in [1.29, 1.82) is 0 Å². The van der Waals surface area contributed by atoms with Crippen molar-refractivity contribution in [3.63, 3.8) is 0 Å². The van der Waals surface area contributed by atoms with Gasteiger partial charge in [0.1, 0.15) is 6.61 Å². The molecular weight excluding hydrogens is 408 g/mol. The van der Waals surface area contributed by atoms with Crippen molar-refractivity contribution in [2.24, 2.45) is 5.92 Å². The molecule has 0 fully saturated rings. The summed E-state index contributed by atoms with van der Waals surface area (Å²) in [5.74, 6) is -0.702.